The molecule has 0 bridgehead atoms. The molecule has 1 aromatic rings. The minimum absolute atomic E-state index is 0.0795. The van der Waals surface area contributed by atoms with Gasteiger partial charge in [-0.1, -0.05) is 19.3 Å². The highest BCUT2D eigenvalue weighted by Gasteiger charge is 2.12. The lowest BCUT2D eigenvalue weighted by Gasteiger charge is -2.22. The van der Waals surface area contributed by atoms with Gasteiger partial charge >= 0.3 is 0 Å². The standard InChI is InChI=1S/C17H27N3O/c1-20(2)16-10-8-15(9-11-16)19-17(21)12-13-18-14-6-4-3-5-7-14/h8-11,14,18H,3-7,12-13H2,1-2H3,(H,19,21). The van der Waals surface area contributed by atoms with Crippen molar-refractivity contribution in [1.82, 2.24) is 5.32 Å². The van der Waals surface area contributed by atoms with Gasteiger partial charge in [0.2, 0.25) is 5.91 Å². The smallest absolute Gasteiger partial charge is 0.225 e. The fraction of sp³-hybridized carbons (Fsp3) is 0.588. The summed E-state index contributed by atoms with van der Waals surface area (Å²) in [4.78, 5) is 14.0. The van der Waals surface area contributed by atoms with Crippen molar-refractivity contribution in [3.63, 3.8) is 0 Å². The van der Waals surface area contributed by atoms with E-state index in [9.17, 15) is 4.79 Å². The molecule has 1 saturated carbocycles. The van der Waals surface area contributed by atoms with Crippen LogP contribution in [0.15, 0.2) is 24.3 Å². The molecule has 0 saturated heterocycles. The van der Waals surface area contributed by atoms with Gasteiger partial charge in [0, 0.05) is 44.5 Å². The maximum atomic E-state index is 11.9. The fourth-order valence-electron chi connectivity index (χ4n) is 2.76. The molecule has 0 heterocycles. The molecule has 2 rings (SSSR count). The van der Waals surface area contributed by atoms with Gasteiger partial charge in [-0.25, -0.2) is 0 Å². The monoisotopic (exact) mass is 289 g/mol. The Hall–Kier alpha value is -1.55. The van der Waals surface area contributed by atoms with Crippen molar-refractivity contribution < 1.29 is 4.79 Å². The average molecular weight is 289 g/mol. The summed E-state index contributed by atoms with van der Waals surface area (Å²) in [6.45, 7) is 0.770. The van der Waals surface area contributed by atoms with Gasteiger partial charge in [0.15, 0.2) is 0 Å². The predicted molar refractivity (Wildman–Crippen MR) is 88.9 cm³/mol. The number of rotatable bonds is 6. The Kier molecular flexibility index (Phi) is 6.05. The maximum Gasteiger partial charge on any atom is 0.225 e. The number of nitrogens with zero attached hydrogens (tertiary/aromatic N) is 1. The number of anilines is 2. The first-order valence-corrected chi connectivity index (χ1v) is 7.96. The molecule has 116 valence electrons. The minimum atomic E-state index is 0.0795. The Labute approximate surface area is 127 Å². The van der Waals surface area contributed by atoms with Crippen LogP contribution in [0.1, 0.15) is 38.5 Å². The van der Waals surface area contributed by atoms with E-state index in [4.69, 9.17) is 0 Å². The van der Waals surface area contributed by atoms with Crippen LogP contribution in [-0.4, -0.2) is 32.6 Å². The van der Waals surface area contributed by atoms with Gasteiger partial charge in [0.05, 0.1) is 0 Å². The summed E-state index contributed by atoms with van der Waals surface area (Å²) in [6.07, 6.45) is 7.05. The van der Waals surface area contributed by atoms with Gasteiger partial charge in [0.25, 0.3) is 0 Å². The van der Waals surface area contributed by atoms with Gasteiger partial charge in [0.1, 0.15) is 0 Å². The maximum absolute atomic E-state index is 11.9. The van der Waals surface area contributed by atoms with Crippen LogP contribution in [0.3, 0.4) is 0 Å². The van der Waals surface area contributed by atoms with Crippen LogP contribution in [0.2, 0.25) is 0 Å². The van der Waals surface area contributed by atoms with Crippen LogP contribution in [0.4, 0.5) is 11.4 Å². The molecule has 21 heavy (non-hydrogen) atoms. The van der Waals surface area contributed by atoms with E-state index in [-0.39, 0.29) is 5.91 Å². The Morgan fingerprint density at radius 2 is 1.81 bits per heavy atom. The second-order valence-electron chi connectivity index (χ2n) is 6.03. The van der Waals surface area contributed by atoms with Crippen molar-refractivity contribution in [1.29, 1.82) is 0 Å². The molecule has 4 heteroatoms. The minimum Gasteiger partial charge on any atom is -0.378 e. The number of amides is 1. The third kappa shape index (κ3) is 5.38. The summed E-state index contributed by atoms with van der Waals surface area (Å²) in [6, 6.07) is 8.53. The highest BCUT2D eigenvalue weighted by molar-refractivity contribution is 5.91. The quantitative estimate of drug-likeness (QED) is 0.846. The van der Waals surface area contributed by atoms with Crippen molar-refractivity contribution in [2.45, 2.75) is 44.6 Å². The summed E-state index contributed by atoms with van der Waals surface area (Å²) in [7, 11) is 4.01. The lowest BCUT2D eigenvalue weighted by Crippen LogP contribution is -2.33. The molecule has 0 unspecified atom stereocenters. The molecule has 1 aromatic carbocycles. The second-order valence-corrected chi connectivity index (χ2v) is 6.03. The van der Waals surface area contributed by atoms with E-state index >= 15 is 0 Å². The number of carbonyl (C=O) groups is 1. The molecular formula is C17H27N3O. The highest BCUT2D eigenvalue weighted by atomic mass is 16.1. The second kappa shape index (κ2) is 8.03. The van der Waals surface area contributed by atoms with E-state index in [0.29, 0.717) is 12.5 Å². The van der Waals surface area contributed by atoms with Crippen molar-refractivity contribution in [2.24, 2.45) is 0 Å². The van der Waals surface area contributed by atoms with Crippen LogP contribution in [0.5, 0.6) is 0 Å². The Morgan fingerprint density at radius 3 is 2.43 bits per heavy atom. The molecular weight excluding hydrogens is 262 g/mol. The van der Waals surface area contributed by atoms with E-state index in [1.165, 1.54) is 32.1 Å². The number of hydrogen-bond donors (Lipinski definition) is 2. The van der Waals surface area contributed by atoms with Crippen LogP contribution in [-0.2, 0) is 4.79 Å². The van der Waals surface area contributed by atoms with E-state index in [2.05, 4.69) is 10.6 Å². The first-order valence-electron chi connectivity index (χ1n) is 7.96. The van der Waals surface area contributed by atoms with Gasteiger partial charge in [-0.15, -0.1) is 0 Å². The fourth-order valence-corrected chi connectivity index (χ4v) is 2.76. The third-order valence-corrected chi connectivity index (χ3v) is 4.06. The van der Waals surface area contributed by atoms with Crippen molar-refractivity contribution in [2.75, 3.05) is 30.9 Å². The topological polar surface area (TPSA) is 44.4 Å². The summed E-state index contributed by atoms with van der Waals surface area (Å²) in [5, 5.41) is 6.44. The van der Waals surface area contributed by atoms with Crippen molar-refractivity contribution in [3.05, 3.63) is 24.3 Å². The molecule has 4 nitrogen and oxygen atoms in total. The molecule has 0 spiro atoms. The third-order valence-electron chi connectivity index (χ3n) is 4.06. The largest absolute Gasteiger partial charge is 0.378 e. The van der Waals surface area contributed by atoms with E-state index in [1.807, 2.05) is 43.3 Å². The van der Waals surface area contributed by atoms with Crippen LogP contribution >= 0.6 is 0 Å². The van der Waals surface area contributed by atoms with Gasteiger partial charge in [-0.05, 0) is 37.1 Å². The first-order chi connectivity index (χ1) is 10.1. The SMILES string of the molecule is CN(C)c1ccc(NC(=O)CCNC2CCCCC2)cc1. The lowest BCUT2D eigenvalue weighted by molar-refractivity contribution is -0.116. The molecule has 1 aliphatic rings. The molecule has 1 amide bonds. The summed E-state index contributed by atoms with van der Waals surface area (Å²) in [5.74, 6) is 0.0795. The van der Waals surface area contributed by atoms with Crippen LogP contribution < -0.4 is 15.5 Å². The summed E-state index contributed by atoms with van der Waals surface area (Å²) in [5.41, 5.74) is 2.00. The lowest BCUT2D eigenvalue weighted by atomic mass is 9.95. The molecule has 0 aliphatic heterocycles. The highest BCUT2D eigenvalue weighted by Crippen LogP contribution is 2.17. The van der Waals surface area contributed by atoms with E-state index in [1.54, 1.807) is 0 Å². The first kappa shape index (κ1) is 15.8. The Balaban J connectivity index is 1.68. The van der Waals surface area contributed by atoms with Crippen LogP contribution in [0, 0.1) is 0 Å². The van der Waals surface area contributed by atoms with Crippen LogP contribution in [0.25, 0.3) is 0 Å². The van der Waals surface area contributed by atoms with E-state index in [0.717, 1.165) is 17.9 Å². The molecule has 0 radical (unpaired) electrons. The van der Waals surface area contributed by atoms with Gasteiger partial charge in [-0.3, -0.25) is 4.79 Å². The van der Waals surface area contributed by atoms with Gasteiger partial charge in [-0.2, -0.15) is 0 Å². The molecule has 0 aromatic heterocycles. The van der Waals surface area contributed by atoms with Crippen molar-refractivity contribution in [3.8, 4) is 0 Å². The Morgan fingerprint density at radius 1 is 1.14 bits per heavy atom. The zero-order valence-corrected chi connectivity index (χ0v) is 13.2. The number of carbonyl (C=O) groups excluding carboxylic acids is 1. The van der Waals surface area contributed by atoms with Crippen molar-refractivity contribution >= 4 is 17.3 Å². The van der Waals surface area contributed by atoms with Gasteiger partial charge < -0.3 is 15.5 Å². The average Bonchev–Trinajstić information content (AvgIpc) is 2.49. The molecule has 1 aliphatic carbocycles. The number of nitrogens with one attached hydrogen (secondary N) is 2. The summed E-state index contributed by atoms with van der Waals surface area (Å²) < 4.78 is 0. The molecule has 0 atom stereocenters. The Bertz CT molecular complexity index is 436. The predicted octanol–water partition coefficient (Wildman–Crippen LogP) is 3.00. The zero-order chi connectivity index (χ0) is 15.1. The summed E-state index contributed by atoms with van der Waals surface area (Å²) >= 11 is 0. The zero-order valence-electron chi connectivity index (χ0n) is 13.2. The molecule has 1 fully saturated rings. The normalized spacial score (nSPS) is 15.7. The number of hydrogen-bond acceptors (Lipinski definition) is 3. The molecule has 2 N–H and O–H groups in total. The number of benzene rings is 1. The van der Waals surface area contributed by atoms with E-state index < -0.39 is 0 Å².